The molecule has 8 nitrogen and oxygen atoms in total. The summed E-state index contributed by atoms with van der Waals surface area (Å²) < 4.78 is 1.98. The fourth-order valence-electron chi connectivity index (χ4n) is 5.97. The van der Waals surface area contributed by atoms with E-state index in [4.69, 9.17) is 5.10 Å². The Kier molecular flexibility index (Phi) is 8.77. The van der Waals surface area contributed by atoms with Crippen LogP contribution in [0.2, 0.25) is 0 Å². The highest BCUT2D eigenvalue weighted by atomic mass is 16.1. The number of carbonyl (C=O) groups excluding carboxylic acids is 1. The van der Waals surface area contributed by atoms with Gasteiger partial charge in [-0.15, -0.1) is 0 Å². The summed E-state index contributed by atoms with van der Waals surface area (Å²) >= 11 is 0. The molecule has 208 valence electrons. The zero-order valence-corrected chi connectivity index (χ0v) is 23.6. The van der Waals surface area contributed by atoms with Crippen molar-refractivity contribution in [3.8, 4) is 5.69 Å². The van der Waals surface area contributed by atoms with Crippen LogP contribution in [0.4, 0.5) is 0 Å². The zero-order chi connectivity index (χ0) is 27.2. The molecule has 1 amide bonds. The molecule has 2 atom stereocenters. The van der Waals surface area contributed by atoms with Gasteiger partial charge in [0.15, 0.2) is 0 Å². The molecule has 8 heteroatoms. The molecule has 0 saturated carbocycles. The van der Waals surface area contributed by atoms with Gasteiger partial charge in [-0.3, -0.25) is 14.6 Å². The Morgan fingerprint density at radius 1 is 1.08 bits per heavy atom. The molecule has 2 saturated heterocycles. The van der Waals surface area contributed by atoms with Gasteiger partial charge in [-0.1, -0.05) is 61.4 Å². The number of aromatic nitrogens is 2. The lowest BCUT2D eigenvalue weighted by molar-refractivity contribution is -0.122. The van der Waals surface area contributed by atoms with Crippen molar-refractivity contribution in [2.75, 3.05) is 45.9 Å². The van der Waals surface area contributed by atoms with Crippen molar-refractivity contribution < 1.29 is 4.79 Å². The van der Waals surface area contributed by atoms with Gasteiger partial charge in [0.05, 0.1) is 36.2 Å². The molecule has 2 unspecified atom stereocenters. The van der Waals surface area contributed by atoms with Gasteiger partial charge in [-0.05, 0) is 44.0 Å². The summed E-state index contributed by atoms with van der Waals surface area (Å²) in [6.45, 7) is 12.7. The minimum absolute atomic E-state index is 0.00894. The van der Waals surface area contributed by atoms with Crippen LogP contribution in [0.15, 0.2) is 60.7 Å². The zero-order valence-electron chi connectivity index (χ0n) is 23.6. The Morgan fingerprint density at radius 3 is 2.62 bits per heavy atom. The number of amides is 1. The van der Waals surface area contributed by atoms with E-state index in [1.807, 2.05) is 22.9 Å². The lowest BCUT2D eigenvalue weighted by atomic mass is 9.87. The van der Waals surface area contributed by atoms with Crippen molar-refractivity contribution in [3.63, 3.8) is 0 Å². The van der Waals surface area contributed by atoms with Crippen molar-refractivity contribution in [1.82, 2.24) is 35.5 Å². The first-order valence-corrected chi connectivity index (χ1v) is 14.4. The Morgan fingerprint density at radius 2 is 1.85 bits per heavy atom. The van der Waals surface area contributed by atoms with Crippen molar-refractivity contribution >= 4 is 5.91 Å². The molecular formula is C31H43N7O. The predicted octanol–water partition coefficient (Wildman–Crippen LogP) is 2.80. The molecule has 2 aliphatic heterocycles. The quantitative estimate of drug-likeness (QED) is 0.396. The smallest absolute Gasteiger partial charge is 0.227 e. The summed E-state index contributed by atoms with van der Waals surface area (Å²) in [5.41, 5.74) is 5.46. The average Bonchev–Trinajstić information content (AvgIpc) is 3.35. The van der Waals surface area contributed by atoms with E-state index in [0.29, 0.717) is 6.67 Å². The van der Waals surface area contributed by atoms with Gasteiger partial charge < -0.3 is 16.0 Å². The topological polar surface area (TPSA) is 77.5 Å². The highest BCUT2D eigenvalue weighted by Gasteiger charge is 2.42. The maximum Gasteiger partial charge on any atom is 0.227 e. The first-order valence-electron chi connectivity index (χ1n) is 14.4. The van der Waals surface area contributed by atoms with E-state index >= 15 is 0 Å². The molecule has 2 aromatic carbocycles. The number of hydrogen-bond donors (Lipinski definition) is 3. The summed E-state index contributed by atoms with van der Waals surface area (Å²) in [5.74, 6) is 0.00894. The van der Waals surface area contributed by atoms with E-state index in [1.165, 1.54) is 11.1 Å². The van der Waals surface area contributed by atoms with Crippen LogP contribution >= 0.6 is 0 Å². The third kappa shape index (κ3) is 6.25. The number of nitrogens with one attached hydrogen (secondary N) is 3. The fraction of sp³-hybridized carbons (Fsp3) is 0.484. The minimum Gasteiger partial charge on any atom is -0.343 e. The summed E-state index contributed by atoms with van der Waals surface area (Å²) in [6.07, 6.45) is 2.43. The molecule has 3 heterocycles. The normalized spacial score (nSPS) is 22.6. The van der Waals surface area contributed by atoms with Crippen LogP contribution in [0.3, 0.4) is 0 Å². The third-order valence-corrected chi connectivity index (χ3v) is 8.15. The maximum absolute atomic E-state index is 13.1. The Balaban J connectivity index is 1.26. The fourth-order valence-corrected chi connectivity index (χ4v) is 5.97. The molecule has 2 aliphatic rings. The van der Waals surface area contributed by atoms with Crippen LogP contribution in [0, 0.1) is 6.92 Å². The van der Waals surface area contributed by atoms with Crippen LogP contribution in [-0.2, 0) is 23.2 Å². The monoisotopic (exact) mass is 529 g/mol. The number of rotatable bonds is 9. The maximum atomic E-state index is 13.1. The molecule has 3 aromatic rings. The number of nitrogens with zero attached hydrogens (tertiary/aromatic N) is 4. The second kappa shape index (κ2) is 12.4. The molecule has 1 aromatic heterocycles. The van der Waals surface area contributed by atoms with E-state index in [-0.39, 0.29) is 24.0 Å². The van der Waals surface area contributed by atoms with E-state index in [1.54, 1.807) is 0 Å². The molecule has 0 bridgehead atoms. The van der Waals surface area contributed by atoms with Crippen LogP contribution in [0.25, 0.3) is 5.69 Å². The summed E-state index contributed by atoms with van der Waals surface area (Å²) in [4.78, 5) is 18.1. The first kappa shape index (κ1) is 27.5. The number of piperazine rings is 2. The number of hydrogen-bond acceptors (Lipinski definition) is 6. The van der Waals surface area contributed by atoms with Gasteiger partial charge in [0.1, 0.15) is 0 Å². The van der Waals surface area contributed by atoms with E-state index < -0.39 is 0 Å². The predicted molar refractivity (Wildman–Crippen MR) is 156 cm³/mol. The van der Waals surface area contributed by atoms with Gasteiger partial charge in [-0.2, -0.15) is 5.10 Å². The first-order chi connectivity index (χ1) is 19.0. The van der Waals surface area contributed by atoms with Crippen molar-refractivity contribution in [1.29, 1.82) is 0 Å². The Labute approximate surface area is 232 Å². The van der Waals surface area contributed by atoms with Gasteiger partial charge >= 0.3 is 0 Å². The van der Waals surface area contributed by atoms with Crippen LogP contribution in [0.1, 0.15) is 42.8 Å². The summed E-state index contributed by atoms with van der Waals surface area (Å²) in [7, 11) is 0. The van der Waals surface area contributed by atoms with E-state index in [0.717, 1.165) is 69.2 Å². The standard InChI is InChI=1S/C31H43N7O/c1-4-8-28-19-26(35-38(28)27-9-6-5-7-10-27)20-29(39)34-23-36-17-15-32-21-30(36)37-18-16-33-22-31(37,3)25-13-11-24(2)12-14-25/h5-7,9-14,19,30,32-33H,4,8,15-18,20-23H2,1-3H3,(H,34,39). The Hall–Kier alpha value is -3.04. The van der Waals surface area contributed by atoms with Crippen LogP contribution in [0.5, 0.6) is 0 Å². The van der Waals surface area contributed by atoms with Crippen LogP contribution < -0.4 is 16.0 Å². The molecular weight excluding hydrogens is 486 g/mol. The molecule has 5 rings (SSSR count). The summed E-state index contributed by atoms with van der Waals surface area (Å²) in [5, 5.41) is 15.2. The molecule has 0 spiro atoms. The molecule has 0 aliphatic carbocycles. The second-order valence-corrected chi connectivity index (χ2v) is 11.1. The van der Waals surface area contributed by atoms with E-state index in [2.05, 4.69) is 89.0 Å². The van der Waals surface area contributed by atoms with Gasteiger partial charge in [0.2, 0.25) is 5.91 Å². The third-order valence-electron chi connectivity index (χ3n) is 8.15. The molecule has 3 N–H and O–H groups in total. The molecule has 2 fully saturated rings. The second-order valence-electron chi connectivity index (χ2n) is 11.1. The summed E-state index contributed by atoms with van der Waals surface area (Å²) in [6, 6.07) is 21.2. The highest BCUT2D eigenvalue weighted by Crippen LogP contribution is 2.32. The van der Waals surface area contributed by atoms with Crippen LogP contribution in [-0.4, -0.2) is 77.6 Å². The number of para-hydroxylation sites is 1. The van der Waals surface area contributed by atoms with Crippen molar-refractivity contribution in [2.45, 2.75) is 51.7 Å². The highest BCUT2D eigenvalue weighted by molar-refractivity contribution is 5.78. The van der Waals surface area contributed by atoms with Gasteiger partial charge in [-0.25, -0.2) is 4.68 Å². The van der Waals surface area contributed by atoms with Crippen molar-refractivity contribution in [3.05, 3.63) is 83.2 Å². The SMILES string of the molecule is CCCc1cc(CC(=O)NCN2CCNCC2N2CCNCC2(C)c2ccc(C)cc2)nn1-c1ccccc1. The minimum atomic E-state index is -0.127. The lowest BCUT2D eigenvalue weighted by Gasteiger charge is -2.53. The lowest BCUT2D eigenvalue weighted by Crippen LogP contribution is -2.69. The molecule has 0 radical (unpaired) electrons. The number of carbonyl (C=O) groups is 1. The van der Waals surface area contributed by atoms with Gasteiger partial charge in [0.25, 0.3) is 0 Å². The average molecular weight is 530 g/mol. The van der Waals surface area contributed by atoms with Crippen molar-refractivity contribution in [2.24, 2.45) is 0 Å². The number of benzene rings is 2. The Bertz CT molecular complexity index is 1230. The number of aryl methyl sites for hydroxylation is 2. The largest absolute Gasteiger partial charge is 0.343 e. The molecule has 39 heavy (non-hydrogen) atoms. The van der Waals surface area contributed by atoms with E-state index in [9.17, 15) is 4.79 Å². The van der Waals surface area contributed by atoms with Gasteiger partial charge in [0, 0.05) is 45.0 Å².